The maximum Gasteiger partial charge on any atom is 0.382 e. The summed E-state index contributed by atoms with van der Waals surface area (Å²) in [6, 6.07) is 0. The van der Waals surface area contributed by atoms with E-state index in [9.17, 15) is 31.2 Å². The average molecular weight is 313 g/mol. The van der Waals surface area contributed by atoms with E-state index in [-0.39, 0.29) is 19.8 Å². The van der Waals surface area contributed by atoms with Crippen molar-refractivity contribution in [1.29, 1.82) is 0 Å². The van der Waals surface area contributed by atoms with Gasteiger partial charge in [0.05, 0.1) is 0 Å². The molecule has 0 aromatic carbocycles. The van der Waals surface area contributed by atoms with Crippen LogP contribution in [0.15, 0.2) is 5.34 Å². The van der Waals surface area contributed by atoms with Crippen LogP contribution in [0.1, 0.15) is 26.2 Å². The largest absolute Gasteiger partial charge is 0.382 e. The van der Waals surface area contributed by atoms with E-state index >= 15 is 0 Å². The highest BCUT2D eigenvalue weighted by atomic mass is 32.3. The lowest BCUT2D eigenvalue weighted by molar-refractivity contribution is -0.272. The first kappa shape index (κ1) is 16.4. The normalized spacial score (nSPS) is 22.7. The lowest BCUT2D eigenvalue weighted by Crippen LogP contribution is -2.56. The second kappa shape index (κ2) is 5.02. The van der Waals surface area contributed by atoms with Gasteiger partial charge in [-0.05, 0) is 12.8 Å². The molecular weight excluding hydrogens is 300 g/mol. The van der Waals surface area contributed by atoms with E-state index in [1.807, 2.05) is 5.34 Å². The van der Waals surface area contributed by atoms with Gasteiger partial charge in [0.25, 0.3) is 0 Å². The van der Waals surface area contributed by atoms with Crippen molar-refractivity contribution in [2.45, 2.75) is 43.3 Å². The molecule has 0 atom stereocenters. The van der Waals surface area contributed by atoms with E-state index in [0.29, 0.717) is 6.42 Å². The Kier molecular flexibility index (Phi) is 4.33. The number of hydrogen-bond acceptors (Lipinski definition) is 3. The van der Waals surface area contributed by atoms with Crippen LogP contribution in [-0.2, 0) is 4.28 Å². The van der Waals surface area contributed by atoms with Crippen molar-refractivity contribution >= 4 is 10.3 Å². The molecule has 0 amide bonds. The van der Waals surface area contributed by atoms with Gasteiger partial charge in [-0.25, -0.2) is 0 Å². The Morgan fingerprint density at radius 3 is 1.84 bits per heavy atom. The van der Waals surface area contributed by atoms with Crippen LogP contribution in [0.3, 0.4) is 0 Å². The summed E-state index contributed by atoms with van der Waals surface area (Å²) >= 11 is 0. The Bertz CT molecular complexity index is 340. The predicted octanol–water partition coefficient (Wildman–Crippen LogP) is 4.47. The van der Waals surface area contributed by atoms with Gasteiger partial charge in [0.15, 0.2) is 5.34 Å². The van der Waals surface area contributed by atoms with E-state index in [1.54, 1.807) is 0 Å². The number of halogens is 6. The minimum atomic E-state index is -5.60. The van der Waals surface area contributed by atoms with Gasteiger partial charge in [0, 0.05) is 28.7 Å². The lowest BCUT2D eigenvalue weighted by atomic mass is 10.2. The first-order valence-corrected chi connectivity index (χ1v) is 7.34. The van der Waals surface area contributed by atoms with Crippen LogP contribution in [0.4, 0.5) is 26.3 Å². The van der Waals surface area contributed by atoms with Crippen LogP contribution >= 0.6 is 10.3 Å². The van der Waals surface area contributed by atoms with Crippen LogP contribution in [0.2, 0.25) is 0 Å². The zero-order chi connectivity index (χ0) is 14.9. The Morgan fingerprint density at radius 2 is 1.47 bits per heavy atom. The molecule has 0 radical (unpaired) electrons. The molecule has 0 aromatic heterocycles. The topological polar surface area (TPSA) is 38.7 Å². The Hall–Kier alpha value is -0.670. The third-order valence-electron chi connectivity index (χ3n) is 3.01. The summed E-state index contributed by atoms with van der Waals surface area (Å²) in [6.07, 6.45) is 0.693. The molecule has 1 heterocycles. The fourth-order valence-electron chi connectivity index (χ4n) is 1.87. The van der Waals surface area contributed by atoms with Crippen LogP contribution in [0, 0.1) is 4.91 Å². The summed E-state index contributed by atoms with van der Waals surface area (Å²) in [6.45, 7) is -0.286. The molecule has 1 aliphatic rings. The lowest BCUT2D eigenvalue weighted by Gasteiger charge is -2.47. The molecule has 0 unspecified atom stereocenters. The van der Waals surface area contributed by atoms with Gasteiger partial charge in [-0.3, -0.25) is 0 Å². The molecule has 0 aliphatic carbocycles. The average Bonchev–Trinajstić information content (AvgIpc) is 2.28. The number of rotatable bonds is 5. The highest BCUT2D eigenvalue weighted by molar-refractivity contribution is 8.30. The predicted molar refractivity (Wildman–Crippen MR) is 58.6 cm³/mol. The fourth-order valence-corrected chi connectivity index (χ4v) is 4.94. The SMILES string of the molecule is CC(F)(F)C(F)(F)C(F)(F)S1(ON=O)CCCCC1. The highest BCUT2D eigenvalue weighted by Gasteiger charge is 2.76. The Morgan fingerprint density at radius 1 is 1.00 bits per heavy atom. The smallest absolute Gasteiger partial charge is 0.306 e. The van der Waals surface area contributed by atoms with Crippen LogP contribution in [0.5, 0.6) is 0 Å². The number of hydrogen-bond donors (Lipinski definition) is 0. The third-order valence-corrected chi connectivity index (χ3v) is 6.44. The quantitative estimate of drug-likeness (QED) is 0.427. The van der Waals surface area contributed by atoms with Gasteiger partial charge in [-0.1, -0.05) is 6.42 Å². The first-order valence-electron chi connectivity index (χ1n) is 5.45. The first-order chi connectivity index (χ1) is 8.52. The summed E-state index contributed by atoms with van der Waals surface area (Å²) in [5.41, 5.74) is 0. The number of alkyl halides is 6. The van der Waals surface area contributed by atoms with E-state index in [4.69, 9.17) is 0 Å². The fraction of sp³-hybridized carbons (Fsp3) is 1.00. The molecule has 0 aromatic rings. The summed E-state index contributed by atoms with van der Waals surface area (Å²) in [5.74, 6) is -11.6. The summed E-state index contributed by atoms with van der Waals surface area (Å²) < 4.78 is 84.1. The van der Waals surface area contributed by atoms with Gasteiger partial charge < -0.3 is 4.28 Å². The van der Waals surface area contributed by atoms with E-state index in [1.165, 1.54) is 0 Å². The minimum Gasteiger partial charge on any atom is -0.306 e. The van der Waals surface area contributed by atoms with Crippen molar-refractivity contribution in [3.05, 3.63) is 4.91 Å². The van der Waals surface area contributed by atoms with Gasteiger partial charge in [-0.15, -0.1) is 4.91 Å². The zero-order valence-electron chi connectivity index (χ0n) is 9.98. The third kappa shape index (κ3) is 2.50. The molecule has 3 nitrogen and oxygen atoms in total. The van der Waals surface area contributed by atoms with Crippen molar-refractivity contribution in [3.63, 3.8) is 0 Å². The molecule has 0 N–H and O–H groups in total. The standard InChI is InChI=1S/C9H13F6NO2S/c1-7(10,11)8(12,13)9(14,15)19(18-16-17)5-3-2-4-6-19/h2-6H2,1H3. The van der Waals surface area contributed by atoms with Gasteiger partial charge in [0.2, 0.25) is 0 Å². The number of nitrogens with zero attached hydrogens (tertiary/aromatic N) is 1. The van der Waals surface area contributed by atoms with Crippen LogP contribution in [0.25, 0.3) is 0 Å². The molecule has 0 spiro atoms. The summed E-state index contributed by atoms with van der Waals surface area (Å²) in [5, 5.41) is -3.30. The molecule has 19 heavy (non-hydrogen) atoms. The monoisotopic (exact) mass is 313 g/mol. The zero-order valence-corrected chi connectivity index (χ0v) is 10.8. The molecule has 1 rings (SSSR count). The van der Waals surface area contributed by atoms with Crippen LogP contribution in [-0.4, -0.2) is 28.6 Å². The molecule has 1 aliphatic heterocycles. The summed E-state index contributed by atoms with van der Waals surface area (Å²) in [7, 11) is -4.01. The van der Waals surface area contributed by atoms with Crippen molar-refractivity contribution in [3.8, 4) is 0 Å². The van der Waals surface area contributed by atoms with Crippen molar-refractivity contribution in [1.82, 2.24) is 0 Å². The maximum atomic E-state index is 13.9. The second-order valence-corrected chi connectivity index (χ2v) is 7.51. The highest BCUT2D eigenvalue weighted by Crippen LogP contribution is 2.71. The van der Waals surface area contributed by atoms with Gasteiger partial charge in [-0.2, -0.15) is 26.3 Å². The van der Waals surface area contributed by atoms with Crippen LogP contribution < -0.4 is 0 Å². The van der Waals surface area contributed by atoms with Crippen molar-refractivity contribution < 1.29 is 30.6 Å². The molecule has 1 fully saturated rings. The van der Waals surface area contributed by atoms with Crippen molar-refractivity contribution in [2.75, 3.05) is 11.5 Å². The molecule has 0 bridgehead atoms. The molecular formula is C9H13F6NO2S. The molecule has 10 heteroatoms. The minimum absolute atomic E-state index is 0.103. The Labute approximate surface area is 107 Å². The Balaban J connectivity index is 3.23. The van der Waals surface area contributed by atoms with Gasteiger partial charge >= 0.3 is 17.1 Å². The second-order valence-electron chi connectivity index (χ2n) is 4.41. The van der Waals surface area contributed by atoms with E-state index in [0.717, 1.165) is 0 Å². The maximum absolute atomic E-state index is 13.9. The summed E-state index contributed by atoms with van der Waals surface area (Å²) in [4.78, 5) is 10.1. The molecule has 114 valence electrons. The molecule has 1 saturated heterocycles. The van der Waals surface area contributed by atoms with E-state index < -0.39 is 38.9 Å². The van der Waals surface area contributed by atoms with Gasteiger partial charge in [0.1, 0.15) is 0 Å². The van der Waals surface area contributed by atoms with Crippen molar-refractivity contribution in [2.24, 2.45) is 5.34 Å². The molecule has 0 saturated carbocycles. The van der Waals surface area contributed by atoms with E-state index in [2.05, 4.69) is 4.28 Å².